The van der Waals surface area contributed by atoms with Gasteiger partial charge in [0.1, 0.15) is 34.7 Å². The number of carbonyl (C=O) groups excluding carboxylic acids is 2. The number of benzene rings is 1. The van der Waals surface area contributed by atoms with Gasteiger partial charge in [0.2, 0.25) is 5.76 Å². The maximum atomic E-state index is 12.6. The van der Waals surface area contributed by atoms with Gasteiger partial charge in [0, 0.05) is 30.9 Å². The first-order chi connectivity index (χ1) is 17.3. The number of ether oxygens (including phenoxy) is 4. The summed E-state index contributed by atoms with van der Waals surface area (Å²) in [7, 11) is 1.62. The molecule has 0 spiro atoms. The lowest BCUT2D eigenvalue weighted by Gasteiger charge is -2.39. The van der Waals surface area contributed by atoms with Crippen molar-refractivity contribution in [2.75, 3.05) is 26.8 Å². The van der Waals surface area contributed by atoms with Gasteiger partial charge in [-0.25, -0.2) is 4.79 Å². The van der Waals surface area contributed by atoms with Crippen LogP contribution in [0.1, 0.15) is 63.5 Å². The largest absolute Gasteiger partial charge is 0.496 e. The van der Waals surface area contributed by atoms with E-state index in [-0.39, 0.29) is 24.1 Å². The van der Waals surface area contributed by atoms with Crippen molar-refractivity contribution >= 4 is 17.3 Å². The number of hydrogen-bond acceptors (Lipinski definition) is 8. The van der Waals surface area contributed by atoms with E-state index < -0.39 is 17.7 Å². The summed E-state index contributed by atoms with van der Waals surface area (Å²) in [6.07, 6.45) is 5.81. The molecule has 8 heteroatoms. The van der Waals surface area contributed by atoms with Crippen LogP contribution in [0.5, 0.6) is 17.2 Å². The Labute approximate surface area is 211 Å². The van der Waals surface area contributed by atoms with E-state index in [1.165, 1.54) is 0 Å². The number of allylic oxidation sites excluding steroid dienone is 3. The van der Waals surface area contributed by atoms with E-state index in [2.05, 4.69) is 5.32 Å². The number of carbonyl (C=O) groups is 2. The zero-order valence-electron chi connectivity index (χ0n) is 21.3. The first-order valence-electron chi connectivity index (χ1n) is 13.0. The number of Topliss-reactive ketones (excluding diaryl/α,β-unsaturated/α-hetero) is 1. The third kappa shape index (κ3) is 4.41. The molecule has 1 saturated heterocycles. The van der Waals surface area contributed by atoms with E-state index in [0.29, 0.717) is 49.4 Å². The molecule has 1 aliphatic carbocycles. The van der Waals surface area contributed by atoms with Gasteiger partial charge >= 0.3 is 5.97 Å². The molecule has 1 saturated carbocycles. The van der Waals surface area contributed by atoms with Gasteiger partial charge in [0.15, 0.2) is 0 Å². The molecule has 2 N–H and O–H groups in total. The van der Waals surface area contributed by atoms with Crippen molar-refractivity contribution in [1.29, 1.82) is 0 Å². The molecule has 3 aliphatic heterocycles. The standard InChI is InChI=1S/C28H35NO7/c1-4-34-27(31)23-13-19(16-5-7-18(30)8-6-16)25-22(35-23)15-21-20(26(25)33-3)14-24(36-21)28(2,32)17-9-11-29-12-10-17/h13,15,17,24,29,32H,4-12,14H2,1-3H3/t24-,28+/m0/s1. The van der Waals surface area contributed by atoms with Gasteiger partial charge in [-0.05, 0) is 70.2 Å². The maximum absolute atomic E-state index is 12.6. The van der Waals surface area contributed by atoms with Crippen molar-refractivity contribution in [1.82, 2.24) is 5.32 Å². The van der Waals surface area contributed by atoms with Crippen LogP contribution in [0.2, 0.25) is 0 Å². The summed E-state index contributed by atoms with van der Waals surface area (Å²) < 4.78 is 23.6. The first-order valence-corrected chi connectivity index (χ1v) is 13.0. The van der Waals surface area contributed by atoms with Crippen LogP contribution in [-0.2, 0) is 20.7 Å². The van der Waals surface area contributed by atoms with Gasteiger partial charge in [-0.2, -0.15) is 0 Å². The summed E-state index contributed by atoms with van der Waals surface area (Å²) in [6.45, 7) is 5.62. The van der Waals surface area contributed by atoms with Crippen LogP contribution in [0, 0.1) is 5.92 Å². The highest BCUT2D eigenvalue weighted by Gasteiger charge is 2.46. The van der Waals surface area contributed by atoms with Crippen LogP contribution in [0.3, 0.4) is 0 Å². The topological polar surface area (TPSA) is 103 Å². The van der Waals surface area contributed by atoms with Crippen LogP contribution in [0.25, 0.3) is 5.57 Å². The van der Waals surface area contributed by atoms with Gasteiger partial charge < -0.3 is 29.4 Å². The van der Waals surface area contributed by atoms with Crippen LogP contribution >= 0.6 is 0 Å². The van der Waals surface area contributed by atoms with E-state index in [0.717, 1.165) is 48.2 Å². The molecule has 2 atom stereocenters. The average Bonchev–Trinajstić information content (AvgIpc) is 3.32. The molecule has 3 heterocycles. The molecule has 1 aromatic rings. The Morgan fingerprint density at radius 1 is 1.19 bits per heavy atom. The quantitative estimate of drug-likeness (QED) is 0.596. The van der Waals surface area contributed by atoms with E-state index in [1.54, 1.807) is 26.2 Å². The van der Waals surface area contributed by atoms with Crippen molar-refractivity contribution < 1.29 is 33.6 Å². The maximum Gasteiger partial charge on any atom is 0.374 e. The number of rotatable bonds is 5. The van der Waals surface area contributed by atoms with E-state index in [4.69, 9.17) is 18.9 Å². The lowest BCUT2D eigenvalue weighted by molar-refractivity contribution is -0.141. The molecule has 36 heavy (non-hydrogen) atoms. The SMILES string of the molecule is CCOC(=O)C1=CC(=C2CCC(=O)CC2)c2c(cc3c(c2OC)C[C@@H]([C@](C)(O)C2CCNCC2)O3)O1. The van der Waals surface area contributed by atoms with E-state index >= 15 is 0 Å². The number of fused-ring (bicyclic) bond motifs is 2. The fourth-order valence-electron chi connectivity index (χ4n) is 5.92. The van der Waals surface area contributed by atoms with Gasteiger partial charge in [-0.15, -0.1) is 0 Å². The minimum atomic E-state index is -1.01. The fraction of sp³-hybridized carbons (Fsp3) is 0.571. The predicted molar refractivity (Wildman–Crippen MR) is 133 cm³/mol. The number of esters is 1. The zero-order valence-corrected chi connectivity index (χ0v) is 21.3. The van der Waals surface area contributed by atoms with Crippen LogP contribution in [0.15, 0.2) is 23.5 Å². The van der Waals surface area contributed by atoms with Crippen LogP contribution in [-0.4, -0.2) is 55.4 Å². The second-order valence-electron chi connectivity index (χ2n) is 10.2. The Bertz CT molecular complexity index is 1120. The number of methoxy groups -OCH3 is 1. The lowest BCUT2D eigenvalue weighted by atomic mass is 9.77. The fourth-order valence-corrected chi connectivity index (χ4v) is 5.92. The molecule has 5 rings (SSSR count). The van der Waals surface area contributed by atoms with Crippen molar-refractivity contribution in [3.8, 4) is 17.2 Å². The summed E-state index contributed by atoms with van der Waals surface area (Å²) in [5.41, 5.74) is 2.58. The molecule has 2 fully saturated rings. The zero-order chi connectivity index (χ0) is 25.4. The van der Waals surface area contributed by atoms with Gasteiger partial charge in [-0.3, -0.25) is 4.79 Å². The number of piperidine rings is 1. The summed E-state index contributed by atoms with van der Waals surface area (Å²) in [5, 5.41) is 14.9. The summed E-state index contributed by atoms with van der Waals surface area (Å²) in [5.74, 6) is 1.62. The van der Waals surface area contributed by atoms with Crippen molar-refractivity contribution in [2.24, 2.45) is 5.92 Å². The van der Waals surface area contributed by atoms with E-state index in [1.807, 2.05) is 6.92 Å². The van der Waals surface area contributed by atoms with Gasteiger partial charge in [-0.1, -0.05) is 5.57 Å². The van der Waals surface area contributed by atoms with Crippen LogP contribution < -0.4 is 19.5 Å². The molecular formula is C28H35NO7. The summed E-state index contributed by atoms with van der Waals surface area (Å²) >= 11 is 0. The molecule has 0 unspecified atom stereocenters. The van der Waals surface area contributed by atoms with Crippen molar-refractivity contribution in [3.05, 3.63) is 34.6 Å². The Hall–Kier alpha value is -2.84. The molecule has 0 radical (unpaired) electrons. The summed E-state index contributed by atoms with van der Waals surface area (Å²) in [6, 6.07) is 1.80. The highest BCUT2D eigenvalue weighted by Crippen LogP contribution is 2.52. The normalized spacial score (nSPS) is 23.6. The molecular weight excluding hydrogens is 462 g/mol. The van der Waals surface area contributed by atoms with E-state index in [9.17, 15) is 14.7 Å². The van der Waals surface area contributed by atoms with Crippen LogP contribution in [0.4, 0.5) is 0 Å². The number of aliphatic hydroxyl groups is 1. The van der Waals surface area contributed by atoms with Gasteiger partial charge in [0.05, 0.1) is 19.3 Å². The lowest BCUT2D eigenvalue weighted by Crippen LogP contribution is -2.51. The second kappa shape index (κ2) is 9.90. The number of nitrogens with one attached hydrogen (secondary N) is 1. The van der Waals surface area contributed by atoms with Crippen molar-refractivity contribution in [2.45, 2.75) is 70.5 Å². The molecule has 194 valence electrons. The molecule has 4 aliphatic rings. The Balaban J connectivity index is 1.56. The molecule has 8 nitrogen and oxygen atoms in total. The molecule has 1 aromatic carbocycles. The van der Waals surface area contributed by atoms with Gasteiger partial charge in [0.25, 0.3) is 0 Å². The Kier molecular flexibility index (Phi) is 6.83. The molecule has 0 amide bonds. The number of ketones is 1. The second-order valence-corrected chi connectivity index (χ2v) is 10.2. The third-order valence-electron chi connectivity index (χ3n) is 8.02. The molecule has 0 bridgehead atoms. The highest BCUT2D eigenvalue weighted by molar-refractivity contribution is 5.97. The molecule has 0 aromatic heterocycles. The highest BCUT2D eigenvalue weighted by atomic mass is 16.6. The van der Waals surface area contributed by atoms with Crippen molar-refractivity contribution in [3.63, 3.8) is 0 Å². The summed E-state index contributed by atoms with van der Waals surface area (Å²) in [4.78, 5) is 24.6. The Morgan fingerprint density at radius 3 is 2.58 bits per heavy atom. The minimum Gasteiger partial charge on any atom is -0.496 e. The first kappa shape index (κ1) is 24.8. The Morgan fingerprint density at radius 2 is 1.92 bits per heavy atom. The smallest absolute Gasteiger partial charge is 0.374 e. The third-order valence-corrected chi connectivity index (χ3v) is 8.02. The number of hydrogen-bond donors (Lipinski definition) is 2. The average molecular weight is 498 g/mol. The monoisotopic (exact) mass is 497 g/mol. The minimum absolute atomic E-state index is 0.0991. The predicted octanol–water partition coefficient (Wildman–Crippen LogP) is 3.49.